The monoisotopic (exact) mass is 244 g/mol. The average Bonchev–Trinajstić information content (AvgIpc) is 2.86. The van der Waals surface area contributed by atoms with E-state index in [2.05, 4.69) is 25.4 Å². The van der Waals surface area contributed by atoms with Crippen LogP contribution in [0.15, 0.2) is 29.9 Å². The van der Waals surface area contributed by atoms with Gasteiger partial charge in [0.2, 0.25) is 5.82 Å². The van der Waals surface area contributed by atoms with Crippen molar-refractivity contribution in [3.8, 4) is 11.6 Å². The van der Waals surface area contributed by atoms with Gasteiger partial charge in [0.05, 0.1) is 5.39 Å². The normalized spacial score (nSPS) is 10.6. The van der Waals surface area contributed by atoms with E-state index in [1.807, 2.05) is 11.4 Å². The molecule has 0 saturated heterocycles. The Hall–Kier alpha value is -2.12. The molecule has 3 rings (SSSR count). The molecule has 3 heterocycles. The molecule has 0 unspecified atom stereocenters. The van der Waals surface area contributed by atoms with Crippen LogP contribution in [0.3, 0.4) is 0 Å². The lowest BCUT2D eigenvalue weighted by Gasteiger charge is -2.03. The Bertz CT molecular complexity index is 650. The summed E-state index contributed by atoms with van der Waals surface area (Å²) in [5.41, 5.74) is 2.57. The van der Waals surface area contributed by atoms with Crippen LogP contribution in [0.5, 0.6) is 0 Å². The summed E-state index contributed by atoms with van der Waals surface area (Å²) in [6.45, 7) is 0. The topological polar surface area (TPSA) is 89.6 Å². The van der Waals surface area contributed by atoms with Crippen molar-refractivity contribution in [2.45, 2.75) is 0 Å². The molecule has 84 valence electrons. The van der Waals surface area contributed by atoms with Gasteiger partial charge in [-0.2, -0.15) is 0 Å². The van der Waals surface area contributed by atoms with Crippen LogP contribution in [0.25, 0.3) is 21.9 Å². The maximum absolute atomic E-state index is 5.45. The Morgan fingerprint density at radius 2 is 1.94 bits per heavy atom. The lowest BCUT2D eigenvalue weighted by atomic mass is 10.3. The lowest BCUT2D eigenvalue weighted by Crippen LogP contribution is -2.10. The summed E-state index contributed by atoms with van der Waals surface area (Å²) in [6.07, 6.45) is 3.31. The zero-order valence-corrected chi connectivity index (χ0v) is 9.48. The number of nitrogens with two attached hydrogens (primary N) is 1. The molecule has 0 aromatic carbocycles. The standard InChI is InChI=1S/C10H8N6S/c11-16-7-6-2-5-17-10(6)15-9(14-7)8-12-3-1-4-13-8/h1-5H,11H2,(H,14,15,16). The quantitative estimate of drug-likeness (QED) is 0.523. The van der Waals surface area contributed by atoms with Crippen molar-refractivity contribution < 1.29 is 0 Å². The Balaban J connectivity index is 2.24. The first kappa shape index (κ1) is 10.1. The molecule has 0 saturated carbocycles. The smallest absolute Gasteiger partial charge is 0.201 e. The van der Waals surface area contributed by atoms with Crippen LogP contribution in [-0.2, 0) is 0 Å². The van der Waals surface area contributed by atoms with E-state index in [1.54, 1.807) is 18.5 Å². The van der Waals surface area contributed by atoms with Crippen molar-refractivity contribution in [1.82, 2.24) is 19.9 Å². The van der Waals surface area contributed by atoms with Gasteiger partial charge < -0.3 is 5.43 Å². The molecule has 17 heavy (non-hydrogen) atoms. The third-order valence-electron chi connectivity index (χ3n) is 2.23. The van der Waals surface area contributed by atoms with Gasteiger partial charge >= 0.3 is 0 Å². The summed E-state index contributed by atoms with van der Waals surface area (Å²) in [5.74, 6) is 6.98. The molecule has 0 atom stereocenters. The SMILES string of the molecule is NNc1nc(-c2ncccn2)nc2sccc12. The highest BCUT2D eigenvalue weighted by molar-refractivity contribution is 7.16. The van der Waals surface area contributed by atoms with Crippen LogP contribution in [0.1, 0.15) is 0 Å². The van der Waals surface area contributed by atoms with Crippen molar-refractivity contribution in [2.75, 3.05) is 5.43 Å². The number of hydrogen-bond acceptors (Lipinski definition) is 7. The van der Waals surface area contributed by atoms with Gasteiger partial charge in [0, 0.05) is 12.4 Å². The van der Waals surface area contributed by atoms with Crippen molar-refractivity contribution in [3.63, 3.8) is 0 Å². The Labute approximate surface area is 101 Å². The summed E-state index contributed by atoms with van der Waals surface area (Å²) in [5, 5.41) is 2.84. The van der Waals surface area contributed by atoms with Crippen LogP contribution in [0, 0.1) is 0 Å². The number of nitrogens with one attached hydrogen (secondary N) is 1. The zero-order valence-electron chi connectivity index (χ0n) is 8.66. The fourth-order valence-electron chi connectivity index (χ4n) is 1.48. The second kappa shape index (κ2) is 4.04. The van der Waals surface area contributed by atoms with Gasteiger partial charge in [-0.3, -0.25) is 0 Å². The molecule has 3 N–H and O–H groups in total. The molecule has 0 bridgehead atoms. The number of anilines is 1. The Morgan fingerprint density at radius 1 is 1.12 bits per heavy atom. The molecule has 0 aliphatic carbocycles. The van der Waals surface area contributed by atoms with Gasteiger partial charge in [-0.15, -0.1) is 11.3 Å². The summed E-state index contributed by atoms with van der Waals surface area (Å²) in [6, 6.07) is 3.67. The van der Waals surface area contributed by atoms with Crippen LogP contribution in [0.2, 0.25) is 0 Å². The largest absolute Gasteiger partial charge is 0.308 e. The zero-order chi connectivity index (χ0) is 11.7. The van der Waals surface area contributed by atoms with E-state index in [9.17, 15) is 0 Å². The summed E-state index contributed by atoms with van der Waals surface area (Å²) in [7, 11) is 0. The predicted octanol–water partition coefficient (Wildman–Crippen LogP) is 1.43. The van der Waals surface area contributed by atoms with Crippen molar-refractivity contribution in [2.24, 2.45) is 5.84 Å². The van der Waals surface area contributed by atoms with Gasteiger partial charge in [0.15, 0.2) is 11.6 Å². The van der Waals surface area contributed by atoms with Crippen molar-refractivity contribution in [3.05, 3.63) is 29.9 Å². The van der Waals surface area contributed by atoms with E-state index in [1.165, 1.54) is 11.3 Å². The highest BCUT2D eigenvalue weighted by atomic mass is 32.1. The Morgan fingerprint density at radius 3 is 2.71 bits per heavy atom. The van der Waals surface area contributed by atoms with E-state index in [4.69, 9.17) is 5.84 Å². The van der Waals surface area contributed by atoms with Gasteiger partial charge in [-0.1, -0.05) is 0 Å². The molecule has 0 radical (unpaired) electrons. The molecular formula is C10H8N6S. The van der Waals surface area contributed by atoms with E-state index in [0.717, 1.165) is 10.2 Å². The van der Waals surface area contributed by atoms with E-state index in [0.29, 0.717) is 17.5 Å². The van der Waals surface area contributed by atoms with Crippen LogP contribution in [0.4, 0.5) is 5.82 Å². The molecule has 6 nitrogen and oxygen atoms in total. The van der Waals surface area contributed by atoms with E-state index < -0.39 is 0 Å². The minimum Gasteiger partial charge on any atom is -0.308 e. The molecular weight excluding hydrogens is 236 g/mol. The molecule has 7 heteroatoms. The van der Waals surface area contributed by atoms with Crippen LogP contribution < -0.4 is 11.3 Å². The lowest BCUT2D eigenvalue weighted by molar-refractivity contribution is 1.09. The maximum Gasteiger partial charge on any atom is 0.201 e. The summed E-state index contributed by atoms with van der Waals surface area (Å²) >= 11 is 1.52. The molecule has 0 aliphatic heterocycles. The average molecular weight is 244 g/mol. The number of hydrogen-bond donors (Lipinski definition) is 2. The molecule has 3 aromatic rings. The van der Waals surface area contributed by atoms with Crippen molar-refractivity contribution >= 4 is 27.4 Å². The Kier molecular flexibility index (Phi) is 2.39. The maximum atomic E-state index is 5.45. The first-order valence-electron chi connectivity index (χ1n) is 4.88. The highest BCUT2D eigenvalue weighted by Crippen LogP contribution is 2.26. The number of thiophene rings is 1. The number of fused-ring (bicyclic) bond motifs is 1. The number of nitrogens with zero attached hydrogens (tertiary/aromatic N) is 4. The van der Waals surface area contributed by atoms with Gasteiger partial charge in [0.1, 0.15) is 4.83 Å². The number of rotatable bonds is 2. The predicted molar refractivity (Wildman–Crippen MR) is 66.3 cm³/mol. The highest BCUT2D eigenvalue weighted by Gasteiger charge is 2.10. The fourth-order valence-corrected chi connectivity index (χ4v) is 2.24. The first-order valence-corrected chi connectivity index (χ1v) is 5.75. The van der Waals surface area contributed by atoms with Crippen molar-refractivity contribution in [1.29, 1.82) is 0 Å². The van der Waals surface area contributed by atoms with Gasteiger partial charge in [-0.05, 0) is 17.5 Å². The second-order valence-electron chi connectivity index (χ2n) is 3.25. The molecule has 3 aromatic heterocycles. The second-order valence-corrected chi connectivity index (χ2v) is 4.15. The molecule has 0 aliphatic rings. The van der Waals surface area contributed by atoms with Crippen LogP contribution >= 0.6 is 11.3 Å². The van der Waals surface area contributed by atoms with Crippen LogP contribution in [-0.4, -0.2) is 19.9 Å². The number of hydrazine groups is 1. The minimum atomic E-state index is 0.466. The number of nitrogen functional groups attached to an aromatic ring is 1. The molecule has 0 fully saturated rings. The summed E-state index contributed by atoms with van der Waals surface area (Å²) in [4.78, 5) is 17.8. The fraction of sp³-hybridized carbons (Fsp3) is 0. The molecule has 0 spiro atoms. The minimum absolute atomic E-state index is 0.466. The summed E-state index contributed by atoms with van der Waals surface area (Å²) < 4.78 is 0. The van der Waals surface area contributed by atoms with Gasteiger partial charge in [0.25, 0.3) is 0 Å². The third kappa shape index (κ3) is 1.71. The number of aromatic nitrogens is 4. The van der Waals surface area contributed by atoms with E-state index >= 15 is 0 Å². The van der Waals surface area contributed by atoms with E-state index in [-0.39, 0.29) is 0 Å². The van der Waals surface area contributed by atoms with Gasteiger partial charge in [-0.25, -0.2) is 25.8 Å². The molecule has 0 amide bonds. The third-order valence-corrected chi connectivity index (χ3v) is 3.03. The first-order chi connectivity index (χ1) is 8.38.